The van der Waals surface area contributed by atoms with Crippen molar-refractivity contribution < 1.29 is 14.1 Å². The van der Waals surface area contributed by atoms with Gasteiger partial charge >= 0.3 is 6.03 Å². The molecule has 0 spiro atoms. The summed E-state index contributed by atoms with van der Waals surface area (Å²) in [5.41, 5.74) is 3.14. The molecule has 0 saturated heterocycles. The Hall–Kier alpha value is -2.50. The number of amides is 2. The first-order chi connectivity index (χ1) is 12.0. The number of aryl methyl sites for hydroxylation is 2. The van der Waals surface area contributed by atoms with Crippen LogP contribution in [0.3, 0.4) is 0 Å². The number of benzene rings is 1. The van der Waals surface area contributed by atoms with Gasteiger partial charge in [0.2, 0.25) is 0 Å². The first-order valence-corrected chi connectivity index (χ1v) is 8.69. The summed E-state index contributed by atoms with van der Waals surface area (Å²) in [5.74, 6) is 2.05. The van der Waals surface area contributed by atoms with Crippen LogP contribution in [0.25, 0.3) is 0 Å². The second-order valence-corrected chi connectivity index (χ2v) is 6.75. The zero-order valence-corrected chi connectivity index (χ0v) is 15.0. The van der Waals surface area contributed by atoms with Crippen LogP contribution < -0.4 is 15.4 Å². The van der Waals surface area contributed by atoms with Crippen molar-refractivity contribution >= 4 is 6.03 Å². The third-order valence-electron chi connectivity index (χ3n) is 4.58. The second-order valence-electron chi connectivity index (χ2n) is 6.75. The smallest absolute Gasteiger partial charge is 0.315 e. The summed E-state index contributed by atoms with van der Waals surface area (Å²) in [7, 11) is 0. The average molecular weight is 343 g/mol. The predicted octanol–water partition coefficient (Wildman–Crippen LogP) is 2.77. The first-order valence-electron chi connectivity index (χ1n) is 8.69. The Balaban J connectivity index is 1.44. The molecule has 1 aliphatic rings. The Morgan fingerprint density at radius 2 is 2.16 bits per heavy atom. The third kappa shape index (κ3) is 4.32. The van der Waals surface area contributed by atoms with Crippen molar-refractivity contribution in [3.8, 4) is 5.75 Å². The summed E-state index contributed by atoms with van der Waals surface area (Å²) in [6.45, 7) is 7.01. The van der Waals surface area contributed by atoms with Crippen LogP contribution >= 0.6 is 0 Å². The standard InChI is InChI=1S/C19H25N3O3/c1-12(8-17-13(2)22-25-14(17)3)21-19(23)20-10-15-9-16-6-4-5-7-18(16)24-11-15/h4-7,12,15H,8-11H2,1-3H3,(H2,20,21,23)/t12-,15-/m1/s1. The van der Waals surface area contributed by atoms with Crippen LogP contribution in [0.15, 0.2) is 28.8 Å². The molecular formula is C19H25N3O3. The van der Waals surface area contributed by atoms with Gasteiger partial charge in [-0.1, -0.05) is 23.4 Å². The molecule has 2 N–H and O–H groups in total. The minimum absolute atomic E-state index is 0.000122. The molecule has 0 aliphatic carbocycles. The maximum Gasteiger partial charge on any atom is 0.315 e. The van der Waals surface area contributed by atoms with Crippen molar-refractivity contribution in [2.75, 3.05) is 13.2 Å². The van der Waals surface area contributed by atoms with E-state index in [9.17, 15) is 4.79 Å². The normalized spacial score (nSPS) is 17.3. The minimum Gasteiger partial charge on any atom is -0.493 e. The van der Waals surface area contributed by atoms with E-state index >= 15 is 0 Å². The van der Waals surface area contributed by atoms with E-state index in [4.69, 9.17) is 9.26 Å². The molecule has 3 rings (SSSR count). The molecule has 1 aromatic carbocycles. The maximum absolute atomic E-state index is 12.1. The number of nitrogens with one attached hydrogen (secondary N) is 2. The number of urea groups is 1. The highest BCUT2D eigenvalue weighted by atomic mass is 16.5. The summed E-state index contributed by atoms with van der Waals surface area (Å²) in [6.07, 6.45) is 1.62. The van der Waals surface area contributed by atoms with Gasteiger partial charge in [-0.2, -0.15) is 0 Å². The highest BCUT2D eigenvalue weighted by Crippen LogP contribution is 2.26. The van der Waals surface area contributed by atoms with E-state index in [2.05, 4.69) is 21.9 Å². The first kappa shape index (κ1) is 17.3. The molecule has 2 amide bonds. The van der Waals surface area contributed by atoms with Crippen LogP contribution in [-0.2, 0) is 12.8 Å². The summed E-state index contributed by atoms with van der Waals surface area (Å²) in [4.78, 5) is 12.1. The number of hydrogen-bond donors (Lipinski definition) is 2. The summed E-state index contributed by atoms with van der Waals surface area (Å²) >= 11 is 0. The molecule has 134 valence electrons. The lowest BCUT2D eigenvalue weighted by Crippen LogP contribution is -2.44. The van der Waals surface area contributed by atoms with Gasteiger partial charge in [-0.15, -0.1) is 0 Å². The number of rotatable bonds is 5. The van der Waals surface area contributed by atoms with Gasteiger partial charge in [0.1, 0.15) is 11.5 Å². The van der Waals surface area contributed by atoms with E-state index in [1.807, 2.05) is 39.0 Å². The van der Waals surface area contributed by atoms with E-state index in [0.717, 1.165) is 29.2 Å². The quantitative estimate of drug-likeness (QED) is 0.875. The molecule has 2 aromatic rings. The molecule has 6 heteroatoms. The Morgan fingerprint density at radius 1 is 1.36 bits per heavy atom. The largest absolute Gasteiger partial charge is 0.493 e. The Labute approximate surface area is 147 Å². The fraction of sp³-hybridized carbons (Fsp3) is 0.474. The molecule has 0 radical (unpaired) electrons. The minimum atomic E-state index is -0.155. The van der Waals surface area contributed by atoms with Crippen LogP contribution in [0.1, 0.15) is 29.5 Å². The van der Waals surface area contributed by atoms with Gasteiger partial charge in [0, 0.05) is 24.1 Å². The number of para-hydroxylation sites is 1. The molecular weight excluding hydrogens is 318 g/mol. The van der Waals surface area contributed by atoms with Gasteiger partial charge < -0.3 is 19.9 Å². The molecule has 0 saturated carbocycles. The Bertz CT molecular complexity index is 722. The molecule has 2 heterocycles. The predicted molar refractivity (Wildman–Crippen MR) is 94.8 cm³/mol. The number of aromatic nitrogens is 1. The summed E-state index contributed by atoms with van der Waals surface area (Å²) in [5, 5.41) is 9.87. The lowest BCUT2D eigenvalue weighted by Gasteiger charge is -2.25. The molecule has 0 bridgehead atoms. The maximum atomic E-state index is 12.1. The zero-order chi connectivity index (χ0) is 17.8. The number of nitrogens with zero attached hydrogens (tertiary/aromatic N) is 1. The van der Waals surface area contributed by atoms with Crippen LogP contribution in [0, 0.1) is 19.8 Å². The van der Waals surface area contributed by atoms with Crippen LogP contribution in [0.2, 0.25) is 0 Å². The molecule has 1 aliphatic heterocycles. The van der Waals surface area contributed by atoms with E-state index < -0.39 is 0 Å². The van der Waals surface area contributed by atoms with Crippen molar-refractivity contribution in [2.24, 2.45) is 5.92 Å². The lowest BCUT2D eigenvalue weighted by atomic mass is 9.97. The van der Waals surface area contributed by atoms with Crippen molar-refractivity contribution in [1.82, 2.24) is 15.8 Å². The van der Waals surface area contributed by atoms with E-state index in [0.29, 0.717) is 25.5 Å². The summed E-state index contributed by atoms with van der Waals surface area (Å²) in [6, 6.07) is 7.90. The second kappa shape index (κ2) is 7.59. The summed E-state index contributed by atoms with van der Waals surface area (Å²) < 4.78 is 10.9. The molecule has 25 heavy (non-hydrogen) atoms. The highest BCUT2D eigenvalue weighted by Gasteiger charge is 2.20. The SMILES string of the molecule is Cc1noc(C)c1C[C@@H](C)NC(=O)NC[C@@H]1COc2ccccc2C1. The fourth-order valence-corrected chi connectivity index (χ4v) is 3.18. The van der Waals surface area contributed by atoms with E-state index in [1.54, 1.807) is 0 Å². The average Bonchev–Trinajstić information content (AvgIpc) is 2.91. The molecule has 1 aromatic heterocycles. The lowest BCUT2D eigenvalue weighted by molar-refractivity contribution is 0.210. The number of ether oxygens (including phenoxy) is 1. The van der Waals surface area contributed by atoms with Gasteiger partial charge in [0.25, 0.3) is 0 Å². The highest BCUT2D eigenvalue weighted by molar-refractivity contribution is 5.74. The number of carbonyl (C=O) groups excluding carboxylic acids is 1. The van der Waals surface area contributed by atoms with Crippen molar-refractivity contribution in [2.45, 2.75) is 39.7 Å². The van der Waals surface area contributed by atoms with Crippen molar-refractivity contribution in [3.05, 3.63) is 46.8 Å². The van der Waals surface area contributed by atoms with Gasteiger partial charge in [-0.05, 0) is 45.2 Å². The van der Waals surface area contributed by atoms with Gasteiger partial charge in [-0.25, -0.2) is 4.79 Å². The van der Waals surface area contributed by atoms with Crippen molar-refractivity contribution in [3.63, 3.8) is 0 Å². The third-order valence-corrected chi connectivity index (χ3v) is 4.58. The van der Waals surface area contributed by atoms with Gasteiger partial charge in [-0.3, -0.25) is 0 Å². The van der Waals surface area contributed by atoms with Gasteiger partial charge in [0.05, 0.1) is 12.3 Å². The molecule has 6 nitrogen and oxygen atoms in total. The van der Waals surface area contributed by atoms with Crippen LogP contribution in [-0.4, -0.2) is 30.4 Å². The Morgan fingerprint density at radius 3 is 2.92 bits per heavy atom. The van der Waals surface area contributed by atoms with Crippen molar-refractivity contribution in [1.29, 1.82) is 0 Å². The topological polar surface area (TPSA) is 76.4 Å². The van der Waals surface area contributed by atoms with E-state index in [1.165, 1.54) is 5.56 Å². The van der Waals surface area contributed by atoms with E-state index in [-0.39, 0.29) is 12.1 Å². The van der Waals surface area contributed by atoms with Crippen LogP contribution in [0.5, 0.6) is 5.75 Å². The molecule has 0 unspecified atom stereocenters. The number of fused-ring (bicyclic) bond motifs is 1. The van der Waals surface area contributed by atoms with Crippen LogP contribution in [0.4, 0.5) is 4.79 Å². The monoisotopic (exact) mass is 343 g/mol. The Kier molecular flexibility index (Phi) is 5.26. The fourth-order valence-electron chi connectivity index (χ4n) is 3.18. The molecule has 0 fully saturated rings. The molecule has 2 atom stereocenters. The van der Waals surface area contributed by atoms with Gasteiger partial charge in [0.15, 0.2) is 0 Å². The number of carbonyl (C=O) groups is 1. The zero-order valence-electron chi connectivity index (χ0n) is 15.0. The number of hydrogen-bond acceptors (Lipinski definition) is 4.